The maximum atomic E-state index is 11.4. The standard InChI is InChI=1S/C11H13BrN2O4/c1-8(15)4-2-3-5-13-6-9(12)11(16)10(7-13)14(17)18/h6-7H,2-5H2,1H3. The molecule has 0 saturated carbocycles. The highest BCUT2D eigenvalue weighted by molar-refractivity contribution is 9.10. The summed E-state index contributed by atoms with van der Waals surface area (Å²) in [6.45, 7) is 2.06. The van der Waals surface area contributed by atoms with Gasteiger partial charge in [-0.25, -0.2) is 0 Å². The van der Waals surface area contributed by atoms with E-state index in [0.717, 1.165) is 12.8 Å². The monoisotopic (exact) mass is 316 g/mol. The lowest BCUT2D eigenvalue weighted by Crippen LogP contribution is -2.13. The molecule has 0 radical (unpaired) electrons. The van der Waals surface area contributed by atoms with Crippen LogP contribution >= 0.6 is 15.9 Å². The van der Waals surface area contributed by atoms with Gasteiger partial charge in [-0.1, -0.05) is 0 Å². The lowest BCUT2D eigenvalue weighted by molar-refractivity contribution is -0.386. The largest absolute Gasteiger partial charge is 0.347 e. The molecular weight excluding hydrogens is 304 g/mol. The van der Waals surface area contributed by atoms with Crippen molar-refractivity contribution in [3.8, 4) is 0 Å². The van der Waals surface area contributed by atoms with Gasteiger partial charge in [0.2, 0.25) is 0 Å². The van der Waals surface area contributed by atoms with Crippen molar-refractivity contribution in [2.45, 2.75) is 32.7 Å². The van der Waals surface area contributed by atoms with Gasteiger partial charge in [-0.15, -0.1) is 0 Å². The van der Waals surface area contributed by atoms with Crippen LogP contribution < -0.4 is 5.43 Å². The third-order valence-corrected chi connectivity index (χ3v) is 2.97. The first-order chi connectivity index (χ1) is 8.41. The number of carbonyl (C=O) groups excluding carboxylic acids is 1. The van der Waals surface area contributed by atoms with Gasteiger partial charge in [0.05, 0.1) is 15.6 Å². The Morgan fingerprint density at radius 2 is 2.11 bits per heavy atom. The van der Waals surface area contributed by atoms with Gasteiger partial charge in [0.15, 0.2) is 0 Å². The summed E-state index contributed by atoms with van der Waals surface area (Å²) in [6, 6.07) is 0. The molecule has 0 saturated heterocycles. The molecule has 1 rings (SSSR count). The highest BCUT2D eigenvalue weighted by Crippen LogP contribution is 2.12. The third kappa shape index (κ3) is 4.06. The normalized spacial score (nSPS) is 10.3. The Bertz CT molecular complexity index is 524. The van der Waals surface area contributed by atoms with E-state index in [4.69, 9.17) is 0 Å². The predicted molar refractivity (Wildman–Crippen MR) is 69.6 cm³/mol. The van der Waals surface area contributed by atoms with E-state index >= 15 is 0 Å². The van der Waals surface area contributed by atoms with E-state index in [1.165, 1.54) is 19.3 Å². The number of halogens is 1. The van der Waals surface area contributed by atoms with Crippen molar-refractivity contribution in [1.82, 2.24) is 4.57 Å². The summed E-state index contributed by atoms with van der Waals surface area (Å²) in [6.07, 6.45) is 4.70. The topological polar surface area (TPSA) is 82.2 Å². The summed E-state index contributed by atoms with van der Waals surface area (Å²) < 4.78 is 1.76. The first-order valence-electron chi connectivity index (χ1n) is 5.45. The number of pyridine rings is 1. The van der Waals surface area contributed by atoms with E-state index in [9.17, 15) is 19.7 Å². The van der Waals surface area contributed by atoms with Crippen LogP contribution in [0.15, 0.2) is 21.7 Å². The number of Topliss-reactive ketones (excluding diaryl/α,β-unsaturated/α-hetero) is 1. The summed E-state index contributed by atoms with van der Waals surface area (Å²) in [5.74, 6) is 0.127. The average Bonchev–Trinajstić information content (AvgIpc) is 2.28. The predicted octanol–water partition coefficient (Wildman–Crippen LogP) is 2.28. The molecule has 0 bridgehead atoms. The molecule has 7 heteroatoms. The molecule has 0 aromatic carbocycles. The minimum atomic E-state index is -0.695. The van der Waals surface area contributed by atoms with Crippen LogP contribution in [0.25, 0.3) is 0 Å². The number of nitro groups is 1. The second-order valence-electron chi connectivity index (χ2n) is 3.97. The van der Waals surface area contributed by atoms with E-state index in [1.54, 1.807) is 4.57 Å². The molecule has 0 aliphatic carbocycles. The number of rotatable bonds is 6. The third-order valence-electron chi connectivity index (χ3n) is 2.41. The van der Waals surface area contributed by atoms with Gasteiger partial charge in [-0.05, 0) is 35.7 Å². The molecule has 0 fully saturated rings. The van der Waals surface area contributed by atoms with E-state index in [-0.39, 0.29) is 10.3 Å². The highest BCUT2D eigenvalue weighted by Gasteiger charge is 2.15. The minimum Gasteiger partial charge on any atom is -0.347 e. The fraction of sp³-hybridized carbons (Fsp3) is 0.455. The molecule has 0 amide bonds. The Morgan fingerprint density at radius 1 is 1.44 bits per heavy atom. The Hall–Kier alpha value is -1.50. The molecule has 0 N–H and O–H groups in total. The van der Waals surface area contributed by atoms with Crippen LogP contribution in [0.5, 0.6) is 0 Å². The number of ketones is 1. The minimum absolute atomic E-state index is 0.127. The number of nitrogens with zero attached hydrogens (tertiary/aromatic N) is 2. The Kier molecular flexibility index (Phi) is 5.21. The molecule has 0 unspecified atom stereocenters. The van der Waals surface area contributed by atoms with Crippen LogP contribution in [0.1, 0.15) is 26.2 Å². The number of hydrogen-bond donors (Lipinski definition) is 0. The van der Waals surface area contributed by atoms with Crippen LogP contribution in [-0.2, 0) is 11.3 Å². The maximum Gasteiger partial charge on any atom is 0.333 e. The summed E-state index contributed by atoms with van der Waals surface area (Å²) in [4.78, 5) is 32.2. The zero-order valence-corrected chi connectivity index (χ0v) is 11.5. The number of unbranched alkanes of at least 4 members (excludes halogenated alkanes) is 1. The van der Waals surface area contributed by atoms with Crippen molar-refractivity contribution in [2.24, 2.45) is 0 Å². The van der Waals surface area contributed by atoms with Crippen molar-refractivity contribution in [3.05, 3.63) is 37.2 Å². The molecule has 1 heterocycles. The zero-order chi connectivity index (χ0) is 13.7. The number of aromatic nitrogens is 1. The number of hydrogen-bond acceptors (Lipinski definition) is 4. The number of carbonyl (C=O) groups is 1. The van der Waals surface area contributed by atoms with Crippen molar-refractivity contribution in [2.75, 3.05) is 0 Å². The van der Waals surface area contributed by atoms with Crippen LogP contribution in [0.4, 0.5) is 5.69 Å². The van der Waals surface area contributed by atoms with Crippen molar-refractivity contribution >= 4 is 27.4 Å². The summed E-state index contributed by atoms with van der Waals surface area (Å²) >= 11 is 3.01. The second-order valence-corrected chi connectivity index (χ2v) is 4.83. The summed E-state index contributed by atoms with van der Waals surface area (Å²) in [7, 11) is 0. The average molecular weight is 317 g/mol. The van der Waals surface area contributed by atoms with Gasteiger partial charge >= 0.3 is 5.69 Å². The van der Waals surface area contributed by atoms with Crippen LogP contribution in [-0.4, -0.2) is 15.3 Å². The van der Waals surface area contributed by atoms with Crippen LogP contribution in [0.2, 0.25) is 0 Å². The molecule has 0 atom stereocenters. The molecule has 6 nitrogen and oxygen atoms in total. The van der Waals surface area contributed by atoms with E-state index < -0.39 is 16.0 Å². The maximum absolute atomic E-state index is 11.4. The van der Waals surface area contributed by atoms with Gasteiger partial charge < -0.3 is 9.36 Å². The van der Waals surface area contributed by atoms with Gasteiger partial charge in [0, 0.05) is 19.2 Å². The first kappa shape index (κ1) is 14.6. The van der Waals surface area contributed by atoms with Crippen molar-refractivity contribution in [1.29, 1.82) is 0 Å². The highest BCUT2D eigenvalue weighted by atomic mass is 79.9. The smallest absolute Gasteiger partial charge is 0.333 e. The van der Waals surface area contributed by atoms with Gasteiger partial charge in [0.25, 0.3) is 5.43 Å². The van der Waals surface area contributed by atoms with Gasteiger partial charge in [-0.3, -0.25) is 14.9 Å². The van der Waals surface area contributed by atoms with Crippen molar-refractivity contribution < 1.29 is 9.72 Å². The lowest BCUT2D eigenvalue weighted by Gasteiger charge is -2.06. The summed E-state index contributed by atoms with van der Waals surface area (Å²) in [5.41, 5.74) is -1.07. The quantitative estimate of drug-likeness (QED) is 0.458. The molecule has 1 aromatic rings. The van der Waals surface area contributed by atoms with E-state index in [1.807, 2.05) is 0 Å². The molecule has 0 spiro atoms. The number of aryl methyl sites for hydroxylation is 1. The van der Waals surface area contributed by atoms with Crippen molar-refractivity contribution in [3.63, 3.8) is 0 Å². The van der Waals surface area contributed by atoms with Gasteiger partial charge in [0.1, 0.15) is 5.78 Å². The Labute approximate surface area is 112 Å². The molecule has 0 aliphatic heterocycles. The Balaban J connectivity index is 2.75. The Morgan fingerprint density at radius 3 is 2.67 bits per heavy atom. The molecular formula is C11H13BrN2O4. The zero-order valence-electron chi connectivity index (χ0n) is 9.89. The summed E-state index contributed by atoms with van der Waals surface area (Å²) in [5, 5.41) is 10.7. The lowest BCUT2D eigenvalue weighted by atomic mass is 10.2. The van der Waals surface area contributed by atoms with E-state index in [0.29, 0.717) is 13.0 Å². The fourth-order valence-electron chi connectivity index (χ4n) is 1.51. The SMILES string of the molecule is CC(=O)CCCCn1cc(Br)c(=O)c([N+](=O)[O-])c1. The molecule has 98 valence electrons. The first-order valence-corrected chi connectivity index (χ1v) is 6.24. The molecule has 0 aliphatic rings. The molecule has 1 aromatic heterocycles. The van der Waals surface area contributed by atoms with Crippen LogP contribution in [0.3, 0.4) is 0 Å². The van der Waals surface area contributed by atoms with Crippen LogP contribution in [0, 0.1) is 10.1 Å². The van der Waals surface area contributed by atoms with E-state index in [2.05, 4.69) is 15.9 Å². The second kappa shape index (κ2) is 6.44. The van der Waals surface area contributed by atoms with Gasteiger partial charge in [-0.2, -0.15) is 0 Å². The fourth-order valence-corrected chi connectivity index (χ4v) is 1.97. The molecule has 18 heavy (non-hydrogen) atoms.